The van der Waals surface area contributed by atoms with Crippen molar-refractivity contribution in [2.45, 2.75) is 13.0 Å². The van der Waals surface area contributed by atoms with Crippen LogP contribution in [0.5, 0.6) is 0 Å². The van der Waals surface area contributed by atoms with Gasteiger partial charge in [-0.3, -0.25) is 4.99 Å². The van der Waals surface area contributed by atoms with Gasteiger partial charge in [0.15, 0.2) is 5.96 Å². The van der Waals surface area contributed by atoms with Gasteiger partial charge in [0.2, 0.25) is 0 Å². The summed E-state index contributed by atoms with van der Waals surface area (Å²) >= 11 is 0. The first-order valence-corrected chi connectivity index (χ1v) is 9.26. The number of H-pyrrole nitrogens is 1. The lowest BCUT2D eigenvalue weighted by molar-refractivity contribution is 0.629. The molecule has 152 valence electrons. The molecule has 0 spiro atoms. The van der Waals surface area contributed by atoms with Crippen LogP contribution < -0.4 is 10.6 Å². The molecular formula is C21H24FIN6. The molecule has 4 rings (SSSR count). The predicted octanol–water partition coefficient (Wildman–Crippen LogP) is 3.72. The van der Waals surface area contributed by atoms with Gasteiger partial charge in [0.05, 0.1) is 17.6 Å². The van der Waals surface area contributed by atoms with E-state index < -0.39 is 0 Å². The van der Waals surface area contributed by atoms with Crippen molar-refractivity contribution in [3.63, 3.8) is 0 Å². The molecule has 0 fully saturated rings. The van der Waals surface area contributed by atoms with Crippen LogP contribution in [0.15, 0.2) is 53.7 Å². The van der Waals surface area contributed by atoms with Gasteiger partial charge in [0.25, 0.3) is 0 Å². The number of rotatable bonds is 5. The molecule has 29 heavy (non-hydrogen) atoms. The highest BCUT2D eigenvalue weighted by atomic mass is 127. The number of aromatic amines is 1. The van der Waals surface area contributed by atoms with Gasteiger partial charge < -0.3 is 20.2 Å². The number of aryl methyl sites for hydroxylation is 1. The molecule has 0 saturated carbocycles. The van der Waals surface area contributed by atoms with Gasteiger partial charge in [-0.1, -0.05) is 12.1 Å². The van der Waals surface area contributed by atoms with Crippen molar-refractivity contribution in [1.82, 2.24) is 25.2 Å². The molecule has 8 heteroatoms. The zero-order valence-electron chi connectivity index (χ0n) is 16.4. The fraction of sp³-hybridized carbons (Fsp3) is 0.238. The third-order valence-electron chi connectivity index (χ3n) is 4.93. The first-order valence-electron chi connectivity index (χ1n) is 9.26. The number of hydrogen-bond donors (Lipinski definition) is 3. The number of imidazole rings is 1. The van der Waals surface area contributed by atoms with Gasteiger partial charge >= 0.3 is 0 Å². The standard InChI is InChI=1S/C21H23FN6.HI/c1-23-21(26-13-20-27-17-5-3-4-6-19(17)28(20)2)24-10-9-14-12-25-18-11-15(22)7-8-16(14)18;/h3-8,11-12,25H,9-10,13H2,1-2H3,(H2,23,24,26);1H. The van der Waals surface area contributed by atoms with E-state index in [1.807, 2.05) is 37.5 Å². The van der Waals surface area contributed by atoms with Gasteiger partial charge in [0.1, 0.15) is 11.6 Å². The van der Waals surface area contributed by atoms with Crippen molar-refractivity contribution in [2.24, 2.45) is 12.0 Å². The Labute approximate surface area is 185 Å². The normalized spacial score (nSPS) is 11.6. The minimum Gasteiger partial charge on any atom is -0.361 e. The predicted molar refractivity (Wildman–Crippen MR) is 126 cm³/mol. The van der Waals surface area contributed by atoms with E-state index in [-0.39, 0.29) is 29.8 Å². The van der Waals surface area contributed by atoms with Crippen LogP contribution in [0.3, 0.4) is 0 Å². The summed E-state index contributed by atoms with van der Waals surface area (Å²) in [4.78, 5) is 12.1. The number of guanidine groups is 1. The summed E-state index contributed by atoms with van der Waals surface area (Å²) in [6.07, 6.45) is 2.74. The monoisotopic (exact) mass is 506 g/mol. The van der Waals surface area contributed by atoms with E-state index in [9.17, 15) is 4.39 Å². The maximum atomic E-state index is 13.3. The number of benzene rings is 2. The Balaban J connectivity index is 0.00000240. The minimum absolute atomic E-state index is 0. The highest BCUT2D eigenvalue weighted by molar-refractivity contribution is 14.0. The Morgan fingerprint density at radius 3 is 2.83 bits per heavy atom. The molecule has 0 bridgehead atoms. The fourth-order valence-electron chi connectivity index (χ4n) is 3.42. The van der Waals surface area contributed by atoms with Gasteiger partial charge in [-0.15, -0.1) is 24.0 Å². The SMILES string of the molecule is CN=C(NCCc1c[nH]c2cc(F)ccc12)NCc1nc2ccccc2n1C.I. The van der Waals surface area contributed by atoms with Gasteiger partial charge in [-0.2, -0.15) is 0 Å². The average molecular weight is 506 g/mol. The molecule has 3 N–H and O–H groups in total. The molecule has 0 aliphatic heterocycles. The van der Waals surface area contributed by atoms with E-state index in [0.29, 0.717) is 13.1 Å². The first-order chi connectivity index (χ1) is 13.7. The highest BCUT2D eigenvalue weighted by Gasteiger charge is 2.08. The van der Waals surface area contributed by atoms with Crippen LogP contribution in [0.25, 0.3) is 21.9 Å². The van der Waals surface area contributed by atoms with Crippen molar-refractivity contribution in [3.8, 4) is 0 Å². The number of nitrogens with zero attached hydrogens (tertiary/aromatic N) is 3. The van der Waals surface area contributed by atoms with Crippen LogP contribution >= 0.6 is 24.0 Å². The Bertz CT molecular complexity index is 1150. The van der Waals surface area contributed by atoms with Gasteiger partial charge in [-0.25, -0.2) is 9.37 Å². The van der Waals surface area contributed by atoms with Crippen molar-refractivity contribution >= 4 is 51.9 Å². The van der Waals surface area contributed by atoms with E-state index in [0.717, 1.165) is 45.7 Å². The lowest BCUT2D eigenvalue weighted by Gasteiger charge is -2.11. The number of aliphatic imine (C=N–C) groups is 1. The molecule has 6 nitrogen and oxygen atoms in total. The molecule has 0 saturated heterocycles. The van der Waals surface area contributed by atoms with Crippen molar-refractivity contribution < 1.29 is 4.39 Å². The highest BCUT2D eigenvalue weighted by Crippen LogP contribution is 2.19. The molecule has 0 atom stereocenters. The Morgan fingerprint density at radius 2 is 2.03 bits per heavy atom. The second kappa shape index (κ2) is 9.25. The van der Waals surface area contributed by atoms with Crippen molar-refractivity contribution in [3.05, 3.63) is 65.9 Å². The Hall–Kier alpha value is -2.62. The molecule has 0 amide bonds. The topological polar surface area (TPSA) is 70.0 Å². The number of aromatic nitrogens is 3. The zero-order chi connectivity index (χ0) is 19.5. The maximum absolute atomic E-state index is 13.3. The Kier molecular flexibility index (Phi) is 6.73. The van der Waals surface area contributed by atoms with E-state index in [1.54, 1.807) is 7.05 Å². The second-order valence-electron chi connectivity index (χ2n) is 6.68. The van der Waals surface area contributed by atoms with Gasteiger partial charge in [-0.05, 0) is 42.3 Å². The third kappa shape index (κ3) is 4.52. The van der Waals surface area contributed by atoms with E-state index in [2.05, 4.69) is 36.2 Å². The number of halogens is 2. The van der Waals surface area contributed by atoms with E-state index >= 15 is 0 Å². The van der Waals surface area contributed by atoms with Gasteiger partial charge in [0, 0.05) is 37.7 Å². The van der Waals surface area contributed by atoms with Crippen molar-refractivity contribution in [1.29, 1.82) is 0 Å². The van der Waals surface area contributed by atoms with Crippen LogP contribution in [-0.4, -0.2) is 34.1 Å². The molecule has 0 radical (unpaired) electrons. The molecule has 0 aliphatic carbocycles. The molecule has 0 unspecified atom stereocenters. The smallest absolute Gasteiger partial charge is 0.191 e. The number of nitrogens with one attached hydrogen (secondary N) is 3. The largest absolute Gasteiger partial charge is 0.361 e. The number of hydrogen-bond acceptors (Lipinski definition) is 2. The quantitative estimate of drug-likeness (QED) is 0.220. The summed E-state index contributed by atoms with van der Waals surface area (Å²) in [5, 5.41) is 7.68. The lowest BCUT2D eigenvalue weighted by atomic mass is 10.1. The summed E-state index contributed by atoms with van der Waals surface area (Å²) in [6, 6.07) is 12.9. The Morgan fingerprint density at radius 1 is 1.21 bits per heavy atom. The molecule has 4 aromatic rings. The van der Waals surface area contributed by atoms with Crippen molar-refractivity contribution in [2.75, 3.05) is 13.6 Å². The van der Waals surface area contributed by atoms with Crippen LogP contribution in [0, 0.1) is 5.82 Å². The fourth-order valence-corrected chi connectivity index (χ4v) is 3.42. The van der Waals surface area contributed by atoms with E-state index in [1.165, 1.54) is 12.1 Å². The summed E-state index contributed by atoms with van der Waals surface area (Å²) < 4.78 is 15.4. The van der Waals surface area contributed by atoms with Crippen LogP contribution in [0.1, 0.15) is 11.4 Å². The van der Waals surface area contributed by atoms with E-state index in [4.69, 9.17) is 0 Å². The summed E-state index contributed by atoms with van der Waals surface area (Å²) in [5.74, 6) is 1.44. The lowest BCUT2D eigenvalue weighted by Crippen LogP contribution is -2.38. The first kappa shape index (κ1) is 21.1. The van der Waals surface area contributed by atoms with Crippen LogP contribution in [-0.2, 0) is 20.0 Å². The molecule has 2 heterocycles. The molecule has 2 aromatic heterocycles. The average Bonchev–Trinajstić information content (AvgIpc) is 3.25. The molecule has 0 aliphatic rings. The molecule has 2 aromatic carbocycles. The third-order valence-corrected chi connectivity index (χ3v) is 4.93. The van der Waals surface area contributed by atoms with Crippen LogP contribution in [0.2, 0.25) is 0 Å². The summed E-state index contributed by atoms with van der Waals surface area (Å²) in [6.45, 7) is 1.30. The number of fused-ring (bicyclic) bond motifs is 2. The summed E-state index contributed by atoms with van der Waals surface area (Å²) in [5.41, 5.74) is 4.06. The maximum Gasteiger partial charge on any atom is 0.191 e. The van der Waals surface area contributed by atoms with Crippen LogP contribution in [0.4, 0.5) is 4.39 Å². The molecular weight excluding hydrogens is 482 g/mol. The summed E-state index contributed by atoms with van der Waals surface area (Å²) in [7, 11) is 3.76. The second-order valence-corrected chi connectivity index (χ2v) is 6.68. The minimum atomic E-state index is -0.231. The zero-order valence-corrected chi connectivity index (χ0v) is 18.7. The number of para-hydroxylation sites is 2.